The van der Waals surface area contributed by atoms with E-state index in [4.69, 9.17) is 5.73 Å². The molecular weight excluding hydrogens is 224 g/mol. The molecule has 0 saturated carbocycles. The molecule has 2 N–H and O–H groups in total. The molecule has 0 fully saturated rings. The van der Waals surface area contributed by atoms with Gasteiger partial charge in [-0.1, -0.05) is 26.0 Å². The number of nitrogens with two attached hydrogens (primary N) is 1. The van der Waals surface area contributed by atoms with Crippen LogP contribution in [0, 0.1) is 5.41 Å². The van der Waals surface area contributed by atoms with Crippen molar-refractivity contribution in [2.45, 2.75) is 13.8 Å². The van der Waals surface area contributed by atoms with Crippen LogP contribution in [-0.2, 0) is 0 Å². The van der Waals surface area contributed by atoms with Crippen LogP contribution in [0.4, 0.5) is 5.82 Å². The van der Waals surface area contributed by atoms with Gasteiger partial charge < -0.3 is 10.6 Å². The average Bonchev–Trinajstić information content (AvgIpc) is 2.37. The highest BCUT2D eigenvalue weighted by Gasteiger charge is 2.19. The molecule has 1 heterocycles. The van der Waals surface area contributed by atoms with Gasteiger partial charge in [-0.2, -0.15) is 0 Å². The third-order valence-electron chi connectivity index (χ3n) is 3.04. The van der Waals surface area contributed by atoms with Gasteiger partial charge in [0.1, 0.15) is 5.82 Å². The normalized spacial score (nSPS) is 11.8. The van der Waals surface area contributed by atoms with Crippen LogP contribution in [-0.4, -0.2) is 30.1 Å². The van der Waals surface area contributed by atoms with Crippen LogP contribution in [0.25, 0.3) is 11.0 Å². The van der Waals surface area contributed by atoms with E-state index < -0.39 is 0 Å². The van der Waals surface area contributed by atoms with E-state index in [9.17, 15) is 0 Å². The SMILES string of the molecule is CN(CC(C)(C)CN)c1cnc2ccccc2n1. The van der Waals surface area contributed by atoms with Crippen molar-refractivity contribution in [1.29, 1.82) is 0 Å². The largest absolute Gasteiger partial charge is 0.358 e. The number of anilines is 1. The number of benzene rings is 1. The first kappa shape index (κ1) is 12.8. The Bertz CT molecular complexity index is 536. The lowest BCUT2D eigenvalue weighted by Gasteiger charge is -2.29. The summed E-state index contributed by atoms with van der Waals surface area (Å²) in [5, 5.41) is 0. The standard InChI is InChI=1S/C14H20N4/c1-14(2,9-15)10-18(3)13-8-16-11-6-4-5-7-12(11)17-13/h4-8H,9-10,15H2,1-3H3. The number of hydrogen-bond donors (Lipinski definition) is 1. The minimum absolute atomic E-state index is 0.0715. The summed E-state index contributed by atoms with van der Waals surface area (Å²) in [5.41, 5.74) is 7.68. The quantitative estimate of drug-likeness (QED) is 0.894. The van der Waals surface area contributed by atoms with Gasteiger partial charge in [0.25, 0.3) is 0 Å². The fraction of sp³-hybridized carbons (Fsp3) is 0.429. The summed E-state index contributed by atoms with van der Waals surface area (Å²) < 4.78 is 0. The lowest BCUT2D eigenvalue weighted by Crippen LogP contribution is -2.37. The zero-order chi connectivity index (χ0) is 13.2. The second-order valence-electron chi connectivity index (χ2n) is 5.44. The first-order chi connectivity index (χ1) is 8.52. The number of rotatable bonds is 4. The van der Waals surface area contributed by atoms with Gasteiger partial charge in [0.05, 0.1) is 17.2 Å². The second kappa shape index (κ2) is 4.90. The molecule has 0 unspecified atom stereocenters. The minimum atomic E-state index is 0.0715. The number of fused-ring (bicyclic) bond motifs is 1. The van der Waals surface area contributed by atoms with E-state index in [2.05, 4.69) is 28.7 Å². The predicted molar refractivity (Wildman–Crippen MR) is 75.6 cm³/mol. The smallest absolute Gasteiger partial charge is 0.147 e. The van der Waals surface area contributed by atoms with Crippen molar-refractivity contribution in [3.8, 4) is 0 Å². The van der Waals surface area contributed by atoms with Crippen LogP contribution >= 0.6 is 0 Å². The zero-order valence-electron chi connectivity index (χ0n) is 11.2. The maximum Gasteiger partial charge on any atom is 0.147 e. The number of aromatic nitrogens is 2. The van der Waals surface area contributed by atoms with Crippen LogP contribution < -0.4 is 10.6 Å². The third-order valence-corrected chi connectivity index (χ3v) is 3.04. The van der Waals surface area contributed by atoms with Crippen molar-refractivity contribution in [1.82, 2.24) is 9.97 Å². The van der Waals surface area contributed by atoms with Gasteiger partial charge in [0.15, 0.2) is 0 Å². The van der Waals surface area contributed by atoms with Gasteiger partial charge in [0.2, 0.25) is 0 Å². The van der Waals surface area contributed by atoms with E-state index in [0.29, 0.717) is 6.54 Å². The molecule has 0 amide bonds. The summed E-state index contributed by atoms with van der Waals surface area (Å²) in [7, 11) is 2.02. The highest BCUT2D eigenvalue weighted by atomic mass is 15.2. The van der Waals surface area contributed by atoms with E-state index >= 15 is 0 Å². The number of hydrogen-bond acceptors (Lipinski definition) is 4. The van der Waals surface area contributed by atoms with Crippen LogP contribution in [0.2, 0.25) is 0 Å². The molecule has 0 spiro atoms. The highest BCUT2D eigenvalue weighted by Crippen LogP contribution is 2.19. The monoisotopic (exact) mass is 244 g/mol. The molecule has 0 saturated heterocycles. The molecule has 0 bridgehead atoms. The van der Waals surface area contributed by atoms with E-state index in [1.165, 1.54) is 0 Å². The summed E-state index contributed by atoms with van der Waals surface area (Å²) in [4.78, 5) is 11.1. The molecule has 0 aliphatic rings. The Morgan fingerprint density at radius 2 is 1.89 bits per heavy atom. The van der Waals surface area contributed by atoms with Crippen LogP contribution in [0.5, 0.6) is 0 Å². The Labute approximate surface area is 108 Å². The van der Waals surface area contributed by atoms with Crippen molar-refractivity contribution < 1.29 is 0 Å². The van der Waals surface area contributed by atoms with Gasteiger partial charge in [0, 0.05) is 13.6 Å². The maximum absolute atomic E-state index is 5.76. The van der Waals surface area contributed by atoms with E-state index in [-0.39, 0.29) is 5.41 Å². The van der Waals surface area contributed by atoms with E-state index in [1.54, 1.807) is 0 Å². The summed E-state index contributed by atoms with van der Waals surface area (Å²) in [6.07, 6.45) is 1.81. The van der Waals surface area contributed by atoms with Gasteiger partial charge in [-0.3, -0.25) is 4.98 Å². The van der Waals surface area contributed by atoms with Gasteiger partial charge in [-0.05, 0) is 24.1 Å². The van der Waals surface area contributed by atoms with Crippen LogP contribution in [0.15, 0.2) is 30.5 Å². The van der Waals surface area contributed by atoms with Crippen molar-refractivity contribution in [3.05, 3.63) is 30.5 Å². The molecule has 0 atom stereocenters. The molecule has 0 radical (unpaired) electrons. The molecule has 1 aromatic carbocycles. The molecule has 96 valence electrons. The van der Waals surface area contributed by atoms with E-state index in [0.717, 1.165) is 23.4 Å². The van der Waals surface area contributed by atoms with E-state index in [1.807, 2.05) is 37.5 Å². The number of para-hydroxylation sites is 2. The molecule has 1 aromatic heterocycles. The summed E-state index contributed by atoms with van der Waals surface area (Å²) in [6, 6.07) is 7.90. The maximum atomic E-state index is 5.76. The van der Waals surface area contributed by atoms with Crippen molar-refractivity contribution in [2.24, 2.45) is 11.1 Å². The fourth-order valence-corrected chi connectivity index (χ4v) is 1.92. The Hall–Kier alpha value is -1.68. The molecule has 4 heteroatoms. The first-order valence-electron chi connectivity index (χ1n) is 6.15. The first-order valence-corrected chi connectivity index (χ1v) is 6.15. The minimum Gasteiger partial charge on any atom is -0.358 e. The molecule has 0 aliphatic carbocycles. The van der Waals surface area contributed by atoms with Crippen molar-refractivity contribution in [3.63, 3.8) is 0 Å². The van der Waals surface area contributed by atoms with Gasteiger partial charge in [-0.25, -0.2) is 4.98 Å². The summed E-state index contributed by atoms with van der Waals surface area (Å²) >= 11 is 0. The Kier molecular flexibility index (Phi) is 3.48. The summed E-state index contributed by atoms with van der Waals surface area (Å²) in [5.74, 6) is 0.884. The molecular formula is C14H20N4. The molecule has 18 heavy (non-hydrogen) atoms. The Morgan fingerprint density at radius 3 is 2.56 bits per heavy atom. The molecule has 0 aliphatic heterocycles. The second-order valence-corrected chi connectivity index (χ2v) is 5.44. The number of nitrogens with zero attached hydrogens (tertiary/aromatic N) is 3. The lowest BCUT2D eigenvalue weighted by molar-refractivity contribution is 0.384. The van der Waals surface area contributed by atoms with Gasteiger partial charge >= 0.3 is 0 Å². The Balaban J connectivity index is 2.25. The molecule has 2 aromatic rings. The predicted octanol–water partition coefficient (Wildman–Crippen LogP) is 2.05. The van der Waals surface area contributed by atoms with Crippen LogP contribution in [0.1, 0.15) is 13.8 Å². The van der Waals surface area contributed by atoms with Gasteiger partial charge in [-0.15, -0.1) is 0 Å². The van der Waals surface area contributed by atoms with Crippen molar-refractivity contribution in [2.75, 3.05) is 25.0 Å². The fourth-order valence-electron chi connectivity index (χ4n) is 1.92. The van der Waals surface area contributed by atoms with Crippen LogP contribution in [0.3, 0.4) is 0 Å². The zero-order valence-corrected chi connectivity index (χ0v) is 11.2. The topological polar surface area (TPSA) is 55.0 Å². The lowest BCUT2D eigenvalue weighted by atomic mass is 9.93. The van der Waals surface area contributed by atoms with Crippen molar-refractivity contribution >= 4 is 16.9 Å². The molecule has 2 rings (SSSR count). The highest BCUT2D eigenvalue weighted by molar-refractivity contribution is 5.75. The third kappa shape index (κ3) is 2.76. The Morgan fingerprint density at radius 1 is 1.22 bits per heavy atom. The molecule has 4 nitrogen and oxygen atoms in total. The average molecular weight is 244 g/mol. The summed E-state index contributed by atoms with van der Waals surface area (Å²) in [6.45, 7) is 5.81.